The lowest BCUT2D eigenvalue weighted by Crippen LogP contribution is -2.37. The van der Waals surface area contributed by atoms with Crippen LogP contribution in [0.25, 0.3) is 0 Å². The number of nitrogens with two attached hydrogens (primary N) is 1. The smallest absolute Gasteiger partial charge is 0.387 e. The molecule has 0 saturated carbocycles. The second-order valence-corrected chi connectivity index (χ2v) is 4.20. The molecule has 8 heteroatoms. The molecule has 0 aliphatic carbocycles. The predicted molar refractivity (Wildman–Crippen MR) is 93.3 cm³/mol. The van der Waals surface area contributed by atoms with Gasteiger partial charge in [0.15, 0.2) is 5.96 Å². The van der Waals surface area contributed by atoms with Gasteiger partial charge >= 0.3 is 6.61 Å². The van der Waals surface area contributed by atoms with E-state index in [9.17, 15) is 8.78 Å². The largest absolute Gasteiger partial charge is 0.497 e. The Labute approximate surface area is 146 Å². The van der Waals surface area contributed by atoms with Gasteiger partial charge in [-0.3, -0.25) is 0 Å². The summed E-state index contributed by atoms with van der Waals surface area (Å²) in [6, 6.07) is 4.60. The zero-order valence-electron chi connectivity index (χ0n) is 12.9. The van der Waals surface area contributed by atoms with Gasteiger partial charge in [0, 0.05) is 18.7 Å². The van der Waals surface area contributed by atoms with E-state index in [1.807, 2.05) is 18.7 Å². The highest BCUT2D eigenvalue weighted by Crippen LogP contribution is 2.26. The molecule has 0 fully saturated rings. The number of methoxy groups -OCH3 is 1. The first kappa shape index (κ1) is 20.7. The first-order chi connectivity index (χ1) is 10.0. The quantitative estimate of drug-likeness (QED) is 0.411. The minimum atomic E-state index is -2.89. The van der Waals surface area contributed by atoms with Gasteiger partial charge in [0.2, 0.25) is 0 Å². The van der Waals surface area contributed by atoms with Gasteiger partial charge in [-0.25, -0.2) is 4.99 Å². The lowest BCUT2D eigenvalue weighted by molar-refractivity contribution is -0.0504. The molecular formula is C14H22F2IN3O2. The van der Waals surface area contributed by atoms with E-state index in [1.54, 1.807) is 12.1 Å². The Balaban J connectivity index is 0.00000441. The Morgan fingerprint density at radius 3 is 2.45 bits per heavy atom. The standard InChI is InChI=1S/C14H21F2N3O2.HI/c1-4-19(5-2)14(17)18-9-10-8-11(20-3)6-7-12(10)21-13(15)16;/h6-8,13H,4-5,9H2,1-3H3,(H2,17,18);1H. The first-order valence-corrected chi connectivity index (χ1v) is 6.68. The lowest BCUT2D eigenvalue weighted by atomic mass is 10.2. The molecule has 0 spiro atoms. The molecular weight excluding hydrogens is 407 g/mol. The van der Waals surface area contributed by atoms with Gasteiger partial charge in [-0.05, 0) is 32.0 Å². The van der Waals surface area contributed by atoms with Crippen LogP contribution in [-0.2, 0) is 6.54 Å². The summed E-state index contributed by atoms with van der Waals surface area (Å²) in [4.78, 5) is 6.09. The van der Waals surface area contributed by atoms with E-state index in [1.165, 1.54) is 13.2 Å². The van der Waals surface area contributed by atoms with E-state index in [0.29, 0.717) is 17.3 Å². The highest BCUT2D eigenvalue weighted by molar-refractivity contribution is 14.0. The summed E-state index contributed by atoms with van der Waals surface area (Å²) in [5.41, 5.74) is 6.35. The number of halogens is 3. The van der Waals surface area contributed by atoms with Crippen molar-refractivity contribution in [3.63, 3.8) is 0 Å². The number of ether oxygens (including phenoxy) is 2. The van der Waals surface area contributed by atoms with Gasteiger partial charge in [0.25, 0.3) is 0 Å². The fourth-order valence-electron chi connectivity index (χ4n) is 1.83. The number of hydrogen-bond donors (Lipinski definition) is 1. The van der Waals surface area contributed by atoms with Gasteiger partial charge in [-0.2, -0.15) is 8.78 Å². The molecule has 1 aromatic rings. The van der Waals surface area contributed by atoms with Crippen LogP contribution in [-0.4, -0.2) is 37.7 Å². The summed E-state index contributed by atoms with van der Waals surface area (Å²) < 4.78 is 34.3. The maximum absolute atomic E-state index is 12.4. The van der Waals surface area contributed by atoms with E-state index in [-0.39, 0.29) is 36.3 Å². The average molecular weight is 429 g/mol. The molecule has 126 valence electrons. The number of rotatable bonds is 7. The van der Waals surface area contributed by atoms with Crippen LogP contribution < -0.4 is 15.2 Å². The molecule has 22 heavy (non-hydrogen) atoms. The van der Waals surface area contributed by atoms with Crippen molar-refractivity contribution in [2.75, 3.05) is 20.2 Å². The summed E-state index contributed by atoms with van der Waals surface area (Å²) >= 11 is 0. The lowest BCUT2D eigenvalue weighted by Gasteiger charge is -2.19. The molecule has 1 rings (SSSR count). The minimum absolute atomic E-state index is 0. The van der Waals surface area contributed by atoms with Crippen LogP contribution in [0.5, 0.6) is 11.5 Å². The van der Waals surface area contributed by atoms with Crippen molar-refractivity contribution in [3.8, 4) is 11.5 Å². The summed E-state index contributed by atoms with van der Waals surface area (Å²) in [5.74, 6) is 0.982. The summed E-state index contributed by atoms with van der Waals surface area (Å²) in [5, 5.41) is 0. The fourth-order valence-corrected chi connectivity index (χ4v) is 1.83. The van der Waals surface area contributed by atoms with Gasteiger partial charge in [-0.15, -0.1) is 24.0 Å². The number of guanidine groups is 1. The van der Waals surface area contributed by atoms with Crippen molar-refractivity contribution in [1.29, 1.82) is 0 Å². The second-order valence-electron chi connectivity index (χ2n) is 4.20. The Kier molecular flexibility index (Phi) is 9.79. The number of hydrogen-bond acceptors (Lipinski definition) is 3. The second kappa shape index (κ2) is 10.4. The third kappa shape index (κ3) is 6.20. The normalized spacial score (nSPS) is 11.1. The highest BCUT2D eigenvalue weighted by atomic mass is 127. The van der Waals surface area contributed by atoms with Crippen molar-refractivity contribution < 1.29 is 18.3 Å². The van der Waals surface area contributed by atoms with Crippen LogP contribution in [0.4, 0.5) is 8.78 Å². The van der Waals surface area contributed by atoms with Crippen molar-refractivity contribution in [2.45, 2.75) is 27.0 Å². The van der Waals surface area contributed by atoms with Crippen LogP contribution in [0, 0.1) is 0 Å². The van der Waals surface area contributed by atoms with E-state index in [0.717, 1.165) is 13.1 Å². The SMILES string of the molecule is CCN(CC)C(N)=NCc1cc(OC)ccc1OC(F)F.I. The summed E-state index contributed by atoms with van der Waals surface area (Å²) in [6.45, 7) is 2.63. The average Bonchev–Trinajstić information content (AvgIpc) is 2.47. The van der Waals surface area contributed by atoms with E-state index >= 15 is 0 Å². The van der Waals surface area contributed by atoms with Crippen molar-refractivity contribution >= 4 is 29.9 Å². The topological polar surface area (TPSA) is 60.1 Å². The first-order valence-electron chi connectivity index (χ1n) is 6.68. The Morgan fingerprint density at radius 2 is 1.95 bits per heavy atom. The van der Waals surface area contributed by atoms with Crippen molar-refractivity contribution in [3.05, 3.63) is 23.8 Å². The molecule has 1 aromatic carbocycles. The van der Waals surface area contributed by atoms with Gasteiger partial charge < -0.3 is 20.1 Å². The van der Waals surface area contributed by atoms with Crippen molar-refractivity contribution in [2.24, 2.45) is 10.7 Å². The van der Waals surface area contributed by atoms with Crippen molar-refractivity contribution in [1.82, 2.24) is 4.90 Å². The fraction of sp³-hybridized carbons (Fsp3) is 0.500. The molecule has 0 atom stereocenters. The zero-order valence-corrected chi connectivity index (χ0v) is 15.2. The molecule has 2 N–H and O–H groups in total. The van der Waals surface area contributed by atoms with Crippen LogP contribution in [0.1, 0.15) is 19.4 Å². The Hall–Kier alpha value is -1.32. The van der Waals surface area contributed by atoms with E-state index in [4.69, 9.17) is 10.5 Å². The molecule has 0 aromatic heterocycles. The molecule has 0 amide bonds. The molecule has 0 radical (unpaired) electrons. The predicted octanol–water partition coefficient (Wildman–Crippen LogP) is 3.07. The van der Waals surface area contributed by atoms with E-state index in [2.05, 4.69) is 9.73 Å². The molecule has 0 unspecified atom stereocenters. The zero-order chi connectivity index (χ0) is 15.8. The maximum atomic E-state index is 12.4. The number of aliphatic imine (C=N–C) groups is 1. The molecule has 0 heterocycles. The molecule has 0 aliphatic rings. The number of nitrogens with zero attached hydrogens (tertiary/aromatic N) is 2. The van der Waals surface area contributed by atoms with Crippen LogP contribution >= 0.6 is 24.0 Å². The molecule has 0 aliphatic heterocycles. The van der Waals surface area contributed by atoms with Crippen LogP contribution in [0.15, 0.2) is 23.2 Å². The van der Waals surface area contributed by atoms with Gasteiger partial charge in [-0.1, -0.05) is 0 Å². The third-order valence-corrected chi connectivity index (χ3v) is 2.98. The monoisotopic (exact) mass is 429 g/mol. The molecule has 5 nitrogen and oxygen atoms in total. The Morgan fingerprint density at radius 1 is 1.32 bits per heavy atom. The van der Waals surface area contributed by atoms with Crippen LogP contribution in [0.3, 0.4) is 0 Å². The van der Waals surface area contributed by atoms with Gasteiger partial charge in [0.1, 0.15) is 11.5 Å². The van der Waals surface area contributed by atoms with Crippen LogP contribution in [0.2, 0.25) is 0 Å². The number of alkyl halides is 2. The number of benzene rings is 1. The summed E-state index contributed by atoms with van der Waals surface area (Å²) in [6.07, 6.45) is 0. The third-order valence-electron chi connectivity index (χ3n) is 2.98. The Bertz CT molecular complexity index is 483. The maximum Gasteiger partial charge on any atom is 0.387 e. The highest BCUT2D eigenvalue weighted by Gasteiger charge is 2.11. The van der Waals surface area contributed by atoms with Gasteiger partial charge in [0.05, 0.1) is 13.7 Å². The molecule has 0 saturated heterocycles. The summed E-state index contributed by atoms with van der Waals surface area (Å²) in [7, 11) is 1.50. The van der Waals surface area contributed by atoms with E-state index < -0.39 is 6.61 Å². The minimum Gasteiger partial charge on any atom is -0.497 e. The molecule has 0 bridgehead atoms.